The zero-order valence-corrected chi connectivity index (χ0v) is 10.9. The molecule has 2 rings (SSSR count). The molecule has 0 radical (unpaired) electrons. The highest BCUT2D eigenvalue weighted by molar-refractivity contribution is 6.29. The largest absolute Gasteiger partial charge is 0.493 e. The zero-order chi connectivity index (χ0) is 13.1. The molecule has 0 saturated carbocycles. The zero-order valence-electron chi connectivity index (χ0n) is 10.2. The molecule has 0 unspecified atom stereocenters. The maximum atomic E-state index is 5.71. The summed E-state index contributed by atoms with van der Waals surface area (Å²) in [6.07, 6.45) is 0. The number of hydrogen-bond donors (Lipinski definition) is 0. The van der Waals surface area contributed by atoms with E-state index >= 15 is 0 Å². The summed E-state index contributed by atoms with van der Waals surface area (Å²) in [6, 6.07) is 5.17. The second kappa shape index (κ2) is 5.18. The van der Waals surface area contributed by atoms with Gasteiger partial charge in [0.1, 0.15) is 5.69 Å². The third-order valence-electron chi connectivity index (χ3n) is 2.46. The minimum absolute atomic E-state index is 0.210. The molecule has 5 nitrogen and oxygen atoms in total. The molecule has 96 valence electrons. The molecule has 0 atom stereocenters. The Morgan fingerprint density at radius 1 is 1.06 bits per heavy atom. The lowest BCUT2D eigenvalue weighted by Gasteiger charge is -2.14. The molecule has 6 heteroatoms. The normalized spacial score (nSPS) is 10.2. The van der Waals surface area contributed by atoms with Crippen LogP contribution in [-0.2, 0) is 0 Å². The monoisotopic (exact) mass is 269 g/mol. The first-order valence-electron chi connectivity index (χ1n) is 5.12. The number of nitrogens with zero attached hydrogens (tertiary/aromatic N) is 1. The molecule has 1 aromatic carbocycles. The van der Waals surface area contributed by atoms with E-state index in [0.717, 1.165) is 0 Å². The molecule has 0 aliphatic carbocycles. The maximum Gasteiger partial charge on any atom is 0.226 e. The van der Waals surface area contributed by atoms with Gasteiger partial charge in [-0.25, -0.2) is 0 Å². The van der Waals surface area contributed by atoms with E-state index in [1.165, 1.54) is 0 Å². The first-order chi connectivity index (χ1) is 8.71. The van der Waals surface area contributed by atoms with Crippen LogP contribution < -0.4 is 14.2 Å². The number of aromatic nitrogens is 1. The number of benzene rings is 1. The molecule has 0 spiro atoms. The van der Waals surface area contributed by atoms with Crippen LogP contribution in [0, 0.1) is 0 Å². The maximum absolute atomic E-state index is 5.71. The fourth-order valence-corrected chi connectivity index (χ4v) is 1.82. The van der Waals surface area contributed by atoms with Gasteiger partial charge in [-0.15, -0.1) is 0 Å². The smallest absolute Gasteiger partial charge is 0.226 e. The molecular weight excluding hydrogens is 258 g/mol. The summed E-state index contributed by atoms with van der Waals surface area (Å²) in [4.78, 5) is 0. The molecule has 0 bridgehead atoms. The van der Waals surface area contributed by atoms with Crippen molar-refractivity contribution in [1.82, 2.24) is 5.16 Å². The van der Waals surface area contributed by atoms with Crippen LogP contribution in [0.2, 0.25) is 5.22 Å². The minimum Gasteiger partial charge on any atom is -0.493 e. The van der Waals surface area contributed by atoms with E-state index in [9.17, 15) is 0 Å². The van der Waals surface area contributed by atoms with Crippen LogP contribution in [-0.4, -0.2) is 26.5 Å². The van der Waals surface area contributed by atoms with Gasteiger partial charge in [0.15, 0.2) is 11.5 Å². The van der Waals surface area contributed by atoms with E-state index in [1.54, 1.807) is 39.5 Å². The Bertz CT molecular complexity index is 553. The van der Waals surface area contributed by atoms with Crippen molar-refractivity contribution in [2.24, 2.45) is 0 Å². The van der Waals surface area contributed by atoms with Crippen LogP contribution in [0.1, 0.15) is 0 Å². The standard InChI is InChI=1S/C12H12ClNO4/c1-15-9-5-4-7(8-6-10(13)18-14-8)11(16-2)12(9)17-3/h4-6H,1-3H3. The summed E-state index contributed by atoms with van der Waals surface area (Å²) in [5.74, 6) is 1.59. The molecule has 0 aliphatic rings. The van der Waals surface area contributed by atoms with E-state index in [-0.39, 0.29) is 5.22 Å². The molecule has 18 heavy (non-hydrogen) atoms. The van der Waals surface area contributed by atoms with Crippen molar-refractivity contribution in [2.45, 2.75) is 0 Å². The summed E-state index contributed by atoms with van der Waals surface area (Å²) >= 11 is 5.71. The number of hydrogen-bond acceptors (Lipinski definition) is 5. The van der Waals surface area contributed by atoms with Gasteiger partial charge < -0.3 is 18.7 Å². The summed E-state index contributed by atoms with van der Waals surface area (Å²) < 4.78 is 20.7. The van der Waals surface area contributed by atoms with Crippen LogP contribution in [0.25, 0.3) is 11.3 Å². The molecule has 0 aliphatic heterocycles. The van der Waals surface area contributed by atoms with Crippen molar-refractivity contribution < 1.29 is 18.7 Å². The minimum atomic E-state index is 0.210. The Balaban J connectivity index is 2.61. The third-order valence-corrected chi connectivity index (χ3v) is 2.64. The third kappa shape index (κ3) is 2.09. The predicted molar refractivity (Wildman–Crippen MR) is 66.6 cm³/mol. The highest BCUT2D eigenvalue weighted by Gasteiger charge is 2.19. The van der Waals surface area contributed by atoms with E-state index < -0.39 is 0 Å². The molecule has 1 heterocycles. The Labute approximate surface area is 109 Å². The van der Waals surface area contributed by atoms with Crippen molar-refractivity contribution in [2.75, 3.05) is 21.3 Å². The number of halogens is 1. The topological polar surface area (TPSA) is 53.7 Å². The van der Waals surface area contributed by atoms with Gasteiger partial charge in [0.05, 0.1) is 21.3 Å². The Morgan fingerprint density at radius 3 is 2.28 bits per heavy atom. The van der Waals surface area contributed by atoms with Gasteiger partial charge in [0.25, 0.3) is 0 Å². The molecule has 2 aromatic rings. The van der Waals surface area contributed by atoms with Gasteiger partial charge in [-0.05, 0) is 23.7 Å². The summed E-state index contributed by atoms with van der Waals surface area (Å²) in [5, 5.41) is 4.05. The quantitative estimate of drug-likeness (QED) is 0.854. The van der Waals surface area contributed by atoms with Crippen LogP contribution in [0.4, 0.5) is 0 Å². The molecule has 0 saturated heterocycles. The first-order valence-corrected chi connectivity index (χ1v) is 5.50. The van der Waals surface area contributed by atoms with Crippen LogP contribution in [0.15, 0.2) is 22.7 Å². The summed E-state index contributed by atoms with van der Waals surface area (Å²) in [7, 11) is 4.65. The molecule has 0 amide bonds. The SMILES string of the molecule is COc1ccc(-c2cc(Cl)on2)c(OC)c1OC. The number of methoxy groups -OCH3 is 3. The number of rotatable bonds is 4. The molecule has 0 N–H and O–H groups in total. The van der Waals surface area contributed by atoms with Gasteiger partial charge in [-0.1, -0.05) is 5.16 Å². The Hall–Kier alpha value is -1.88. The number of ether oxygens (including phenoxy) is 3. The molecule has 0 fully saturated rings. The average molecular weight is 270 g/mol. The van der Waals surface area contributed by atoms with Crippen molar-refractivity contribution in [3.8, 4) is 28.5 Å². The van der Waals surface area contributed by atoms with Gasteiger partial charge in [-0.3, -0.25) is 0 Å². The first kappa shape index (κ1) is 12.6. The van der Waals surface area contributed by atoms with E-state index in [4.69, 9.17) is 30.3 Å². The molecule has 1 aromatic heterocycles. The van der Waals surface area contributed by atoms with Gasteiger partial charge in [0.2, 0.25) is 11.0 Å². The van der Waals surface area contributed by atoms with Crippen molar-refractivity contribution in [3.05, 3.63) is 23.4 Å². The van der Waals surface area contributed by atoms with Crippen molar-refractivity contribution >= 4 is 11.6 Å². The van der Waals surface area contributed by atoms with Crippen molar-refractivity contribution in [1.29, 1.82) is 0 Å². The van der Waals surface area contributed by atoms with Crippen LogP contribution in [0.3, 0.4) is 0 Å². The van der Waals surface area contributed by atoms with E-state index in [2.05, 4.69) is 5.16 Å². The van der Waals surface area contributed by atoms with Crippen LogP contribution in [0.5, 0.6) is 17.2 Å². The van der Waals surface area contributed by atoms with E-state index in [0.29, 0.717) is 28.5 Å². The Kier molecular flexibility index (Phi) is 3.62. The van der Waals surface area contributed by atoms with Crippen molar-refractivity contribution in [3.63, 3.8) is 0 Å². The Morgan fingerprint density at radius 2 is 1.78 bits per heavy atom. The van der Waals surface area contributed by atoms with Gasteiger partial charge in [-0.2, -0.15) is 0 Å². The fraction of sp³-hybridized carbons (Fsp3) is 0.250. The molecular formula is C12H12ClNO4. The second-order valence-electron chi connectivity index (χ2n) is 3.40. The lowest BCUT2D eigenvalue weighted by molar-refractivity contribution is 0.325. The highest BCUT2D eigenvalue weighted by atomic mass is 35.5. The van der Waals surface area contributed by atoms with Gasteiger partial charge >= 0.3 is 0 Å². The predicted octanol–water partition coefficient (Wildman–Crippen LogP) is 3.02. The summed E-state index contributed by atoms with van der Waals surface area (Å²) in [6.45, 7) is 0. The lowest BCUT2D eigenvalue weighted by Crippen LogP contribution is -1.96. The highest BCUT2D eigenvalue weighted by Crippen LogP contribution is 2.44. The fourth-order valence-electron chi connectivity index (χ4n) is 1.68. The van der Waals surface area contributed by atoms with E-state index in [1.807, 2.05) is 0 Å². The summed E-state index contributed by atoms with van der Waals surface area (Å²) in [5.41, 5.74) is 1.28. The second-order valence-corrected chi connectivity index (χ2v) is 3.77. The average Bonchev–Trinajstić information content (AvgIpc) is 2.83. The lowest BCUT2D eigenvalue weighted by atomic mass is 10.1. The van der Waals surface area contributed by atoms with Gasteiger partial charge in [0, 0.05) is 11.6 Å². The van der Waals surface area contributed by atoms with Crippen LogP contribution >= 0.6 is 11.6 Å².